The second-order valence-electron chi connectivity index (χ2n) is 3.68. The summed E-state index contributed by atoms with van der Waals surface area (Å²) in [6.45, 7) is 4.13. The predicted octanol–water partition coefficient (Wildman–Crippen LogP) is 3.79. The van der Waals surface area contributed by atoms with Gasteiger partial charge in [0.1, 0.15) is 5.03 Å². The third-order valence-corrected chi connectivity index (χ3v) is 4.38. The Labute approximate surface area is 110 Å². The number of nitrogens with one attached hydrogen (secondary N) is 1. The topological polar surface area (TPSA) is 24.9 Å². The van der Waals surface area contributed by atoms with Crippen molar-refractivity contribution in [3.63, 3.8) is 0 Å². The Kier molecular flexibility index (Phi) is 5.04. The van der Waals surface area contributed by atoms with Crippen LogP contribution in [0.25, 0.3) is 0 Å². The molecule has 2 aromatic rings. The van der Waals surface area contributed by atoms with Crippen LogP contribution in [-0.4, -0.2) is 11.5 Å². The zero-order valence-corrected chi connectivity index (χ0v) is 11.5. The van der Waals surface area contributed by atoms with Crippen LogP contribution in [0.1, 0.15) is 18.9 Å². The summed E-state index contributed by atoms with van der Waals surface area (Å²) in [5.41, 5.74) is 1.28. The molecule has 0 atom stereocenters. The van der Waals surface area contributed by atoms with Crippen LogP contribution in [-0.2, 0) is 6.54 Å². The standard InChI is InChI=1S/C13H16N2S2/c1-2-7-14-10-11-5-3-8-15-13(11)17-12-6-4-9-16-12/h3-6,8-9,14H,2,7,10H2,1H3. The van der Waals surface area contributed by atoms with E-state index in [4.69, 9.17) is 0 Å². The van der Waals surface area contributed by atoms with Crippen molar-refractivity contribution in [2.24, 2.45) is 0 Å². The van der Waals surface area contributed by atoms with Gasteiger partial charge in [0.25, 0.3) is 0 Å². The van der Waals surface area contributed by atoms with Crippen molar-refractivity contribution in [2.75, 3.05) is 6.54 Å². The average molecular weight is 264 g/mol. The zero-order valence-electron chi connectivity index (χ0n) is 9.85. The lowest BCUT2D eigenvalue weighted by atomic mass is 10.3. The van der Waals surface area contributed by atoms with Gasteiger partial charge in [0, 0.05) is 12.7 Å². The molecule has 2 nitrogen and oxygen atoms in total. The van der Waals surface area contributed by atoms with E-state index in [2.05, 4.69) is 40.8 Å². The van der Waals surface area contributed by atoms with E-state index in [9.17, 15) is 0 Å². The lowest BCUT2D eigenvalue weighted by molar-refractivity contribution is 0.665. The van der Waals surface area contributed by atoms with Crippen LogP contribution in [0.5, 0.6) is 0 Å². The number of pyridine rings is 1. The first-order chi connectivity index (χ1) is 8.40. The van der Waals surface area contributed by atoms with Crippen LogP contribution in [0.4, 0.5) is 0 Å². The molecule has 1 N–H and O–H groups in total. The monoisotopic (exact) mass is 264 g/mol. The molecule has 0 bridgehead atoms. The summed E-state index contributed by atoms with van der Waals surface area (Å²) < 4.78 is 1.29. The molecule has 0 fully saturated rings. The van der Waals surface area contributed by atoms with Crippen molar-refractivity contribution in [3.8, 4) is 0 Å². The summed E-state index contributed by atoms with van der Waals surface area (Å²) in [5.74, 6) is 0. The molecular formula is C13H16N2S2. The Hall–Kier alpha value is -0.840. The van der Waals surface area contributed by atoms with Crippen LogP contribution >= 0.6 is 23.1 Å². The van der Waals surface area contributed by atoms with E-state index in [0.717, 1.165) is 24.5 Å². The minimum Gasteiger partial charge on any atom is -0.313 e. The maximum Gasteiger partial charge on any atom is 0.106 e. The summed E-state index contributed by atoms with van der Waals surface area (Å²) in [6.07, 6.45) is 3.02. The van der Waals surface area contributed by atoms with E-state index in [0.29, 0.717) is 0 Å². The number of hydrogen-bond donors (Lipinski definition) is 1. The highest BCUT2D eigenvalue weighted by Gasteiger charge is 2.05. The van der Waals surface area contributed by atoms with Gasteiger partial charge in [-0.3, -0.25) is 0 Å². The molecular weight excluding hydrogens is 248 g/mol. The fourth-order valence-electron chi connectivity index (χ4n) is 1.47. The molecule has 0 amide bonds. The van der Waals surface area contributed by atoms with E-state index < -0.39 is 0 Å². The molecule has 0 aliphatic carbocycles. The van der Waals surface area contributed by atoms with Crippen molar-refractivity contribution in [3.05, 3.63) is 41.4 Å². The third-order valence-electron chi connectivity index (χ3n) is 2.28. The molecule has 0 aliphatic rings. The molecule has 0 unspecified atom stereocenters. The van der Waals surface area contributed by atoms with Crippen LogP contribution in [0.2, 0.25) is 0 Å². The number of thiophene rings is 1. The van der Waals surface area contributed by atoms with Gasteiger partial charge in [-0.05, 0) is 36.0 Å². The Morgan fingerprint density at radius 3 is 3.06 bits per heavy atom. The van der Waals surface area contributed by atoms with Crippen LogP contribution in [0.15, 0.2) is 45.1 Å². The molecule has 2 heterocycles. The van der Waals surface area contributed by atoms with Gasteiger partial charge in [-0.2, -0.15) is 0 Å². The molecule has 0 aromatic carbocycles. The van der Waals surface area contributed by atoms with Gasteiger partial charge in [-0.1, -0.05) is 30.8 Å². The Morgan fingerprint density at radius 1 is 1.35 bits per heavy atom. The molecule has 90 valence electrons. The van der Waals surface area contributed by atoms with Gasteiger partial charge < -0.3 is 5.32 Å². The highest BCUT2D eigenvalue weighted by molar-refractivity contribution is 8.01. The fraction of sp³-hybridized carbons (Fsp3) is 0.308. The first-order valence-electron chi connectivity index (χ1n) is 5.76. The zero-order chi connectivity index (χ0) is 11.9. The molecule has 0 radical (unpaired) electrons. The molecule has 17 heavy (non-hydrogen) atoms. The Morgan fingerprint density at radius 2 is 2.29 bits per heavy atom. The number of hydrogen-bond acceptors (Lipinski definition) is 4. The first-order valence-corrected chi connectivity index (χ1v) is 7.45. The van der Waals surface area contributed by atoms with E-state index in [-0.39, 0.29) is 0 Å². The smallest absolute Gasteiger partial charge is 0.106 e. The normalized spacial score (nSPS) is 10.6. The van der Waals surface area contributed by atoms with Crippen LogP contribution < -0.4 is 5.32 Å². The van der Waals surface area contributed by atoms with Gasteiger partial charge in [-0.25, -0.2) is 4.98 Å². The fourth-order valence-corrected chi connectivity index (χ4v) is 3.23. The minimum atomic E-state index is 0.898. The second-order valence-corrected chi connectivity index (χ2v) is 5.92. The quantitative estimate of drug-likeness (QED) is 0.803. The van der Waals surface area contributed by atoms with E-state index in [1.165, 1.54) is 9.77 Å². The second kappa shape index (κ2) is 6.79. The highest BCUT2D eigenvalue weighted by atomic mass is 32.2. The van der Waals surface area contributed by atoms with Crippen molar-refractivity contribution >= 4 is 23.1 Å². The predicted molar refractivity (Wildman–Crippen MR) is 74.7 cm³/mol. The summed E-state index contributed by atoms with van der Waals surface area (Å²) >= 11 is 3.50. The van der Waals surface area contributed by atoms with Crippen LogP contribution in [0.3, 0.4) is 0 Å². The summed E-state index contributed by atoms with van der Waals surface area (Å²) in [4.78, 5) is 4.46. The molecule has 2 aromatic heterocycles. The summed E-state index contributed by atoms with van der Waals surface area (Å²) in [5, 5.41) is 6.63. The lowest BCUT2D eigenvalue weighted by Crippen LogP contribution is -2.14. The SMILES string of the molecule is CCCNCc1cccnc1Sc1cccs1. The van der Waals surface area contributed by atoms with Gasteiger partial charge in [-0.15, -0.1) is 11.3 Å². The average Bonchev–Trinajstić information content (AvgIpc) is 2.84. The van der Waals surface area contributed by atoms with E-state index in [1.54, 1.807) is 23.1 Å². The molecule has 0 saturated heterocycles. The molecule has 4 heteroatoms. The first kappa shape index (κ1) is 12.6. The maximum atomic E-state index is 4.46. The van der Waals surface area contributed by atoms with Crippen molar-refractivity contribution in [2.45, 2.75) is 29.1 Å². The molecule has 0 saturated carbocycles. The van der Waals surface area contributed by atoms with E-state index >= 15 is 0 Å². The van der Waals surface area contributed by atoms with Gasteiger partial charge in [0.15, 0.2) is 0 Å². The molecule has 0 spiro atoms. The Balaban J connectivity index is 2.05. The molecule has 0 aliphatic heterocycles. The Bertz CT molecular complexity index is 440. The highest BCUT2D eigenvalue weighted by Crippen LogP contribution is 2.31. The number of nitrogens with zero attached hydrogens (tertiary/aromatic N) is 1. The van der Waals surface area contributed by atoms with Gasteiger partial charge >= 0.3 is 0 Å². The lowest BCUT2D eigenvalue weighted by Gasteiger charge is -2.07. The van der Waals surface area contributed by atoms with E-state index in [1.807, 2.05) is 12.3 Å². The largest absolute Gasteiger partial charge is 0.313 e. The van der Waals surface area contributed by atoms with Crippen molar-refractivity contribution in [1.29, 1.82) is 0 Å². The third kappa shape index (κ3) is 3.84. The van der Waals surface area contributed by atoms with Gasteiger partial charge in [0.2, 0.25) is 0 Å². The van der Waals surface area contributed by atoms with Crippen molar-refractivity contribution < 1.29 is 0 Å². The number of aromatic nitrogens is 1. The van der Waals surface area contributed by atoms with Crippen molar-refractivity contribution in [1.82, 2.24) is 10.3 Å². The maximum absolute atomic E-state index is 4.46. The van der Waals surface area contributed by atoms with Crippen LogP contribution in [0, 0.1) is 0 Å². The molecule has 2 rings (SSSR count). The van der Waals surface area contributed by atoms with Gasteiger partial charge in [0.05, 0.1) is 4.21 Å². The number of rotatable bonds is 6. The summed E-state index contributed by atoms with van der Waals surface area (Å²) in [7, 11) is 0. The minimum absolute atomic E-state index is 0.898. The summed E-state index contributed by atoms with van der Waals surface area (Å²) in [6, 6.07) is 8.35.